The van der Waals surface area contributed by atoms with Crippen LogP contribution in [0.2, 0.25) is 0 Å². The number of fused-ring (bicyclic) bond motifs is 5. The minimum Gasteiger partial charge on any atom is -0.354 e. The van der Waals surface area contributed by atoms with E-state index in [-0.39, 0.29) is 0 Å². The quantitative estimate of drug-likeness (QED) is 0.381. The Balaban J connectivity index is 1.88. The van der Waals surface area contributed by atoms with E-state index in [1.807, 2.05) is 6.20 Å². The van der Waals surface area contributed by atoms with Crippen molar-refractivity contribution >= 4 is 44.4 Å². The van der Waals surface area contributed by atoms with E-state index in [0.29, 0.717) is 0 Å². The van der Waals surface area contributed by atoms with Gasteiger partial charge in [0.05, 0.1) is 5.52 Å². The molecule has 3 heteroatoms. The number of nitrogens with zero attached hydrogens (tertiary/aromatic N) is 1. The molecular weight excluding hydrogens is 407 g/mol. The summed E-state index contributed by atoms with van der Waals surface area (Å²) in [6.07, 6.45) is 6.81. The van der Waals surface area contributed by atoms with Gasteiger partial charge in [-0.1, -0.05) is 12.1 Å². The highest BCUT2D eigenvalue weighted by molar-refractivity contribution is 14.1. The van der Waals surface area contributed by atoms with Gasteiger partial charge in [-0.3, -0.25) is 4.98 Å². The second-order valence-electron chi connectivity index (χ2n) is 6.54. The maximum atomic E-state index is 4.49. The standard InChI is InChI=1S/C21H17IN2/c22-14-7-5-13(6-8-14)21-16-4-2-1-3-15(16)20-17-11-12-23-18(17)9-10-19(20)24-21/h5-12,24H,1-4H2. The van der Waals surface area contributed by atoms with Gasteiger partial charge in [0.25, 0.3) is 0 Å². The average molecular weight is 424 g/mol. The highest BCUT2D eigenvalue weighted by Crippen LogP contribution is 2.37. The summed E-state index contributed by atoms with van der Waals surface area (Å²) in [6, 6.07) is 15.3. The predicted molar refractivity (Wildman–Crippen MR) is 108 cm³/mol. The minimum atomic E-state index is 1.10. The van der Waals surface area contributed by atoms with Crippen molar-refractivity contribution in [2.45, 2.75) is 25.7 Å². The summed E-state index contributed by atoms with van der Waals surface area (Å²) in [5.41, 5.74) is 7.95. The molecular formula is C21H17IN2. The van der Waals surface area contributed by atoms with E-state index < -0.39 is 0 Å². The molecule has 4 aromatic rings. The molecule has 5 rings (SSSR count). The number of aryl methyl sites for hydroxylation is 1. The van der Waals surface area contributed by atoms with Crippen molar-refractivity contribution < 1.29 is 0 Å². The van der Waals surface area contributed by atoms with Gasteiger partial charge >= 0.3 is 0 Å². The molecule has 0 atom stereocenters. The maximum Gasteiger partial charge on any atom is 0.0710 e. The van der Waals surface area contributed by atoms with Crippen LogP contribution in [0.5, 0.6) is 0 Å². The molecule has 0 bridgehead atoms. The van der Waals surface area contributed by atoms with Crippen molar-refractivity contribution in [1.82, 2.24) is 9.97 Å². The van der Waals surface area contributed by atoms with Gasteiger partial charge in [-0.05, 0) is 95.3 Å². The third kappa shape index (κ3) is 2.18. The zero-order valence-corrected chi connectivity index (χ0v) is 15.4. The molecule has 24 heavy (non-hydrogen) atoms. The van der Waals surface area contributed by atoms with E-state index in [1.54, 1.807) is 0 Å². The van der Waals surface area contributed by atoms with Crippen LogP contribution in [0.25, 0.3) is 33.1 Å². The Morgan fingerprint density at radius 3 is 2.50 bits per heavy atom. The lowest BCUT2D eigenvalue weighted by atomic mass is 9.85. The molecule has 1 aliphatic rings. The fourth-order valence-electron chi connectivity index (χ4n) is 4.04. The molecule has 0 aliphatic heterocycles. The zero-order valence-electron chi connectivity index (χ0n) is 13.3. The van der Waals surface area contributed by atoms with Crippen LogP contribution in [0, 0.1) is 3.57 Å². The largest absolute Gasteiger partial charge is 0.354 e. The van der Waals surface area contributed by atoms with Gasteiger partial charge in [-0.25, -0.2) is 0 Å². The number of nitrogens with one attached hydrogen (secondary N) is 1. The van der Waals surface area contributed by atoms with Crippen molar-refractivity contribution in [3.63, 3.8) is 0 Å². The number of halogens is 1. The Labute approximate surface area is 154 Å². The van der Waals surface area contributed by atoms with Gasteiger partial charge in [-0.2, -0.15) is 0 Å². The number of pyridine rings is 1. The van der Waals surface area contributed by atoms with Gasteiger partial charge in [0.15, 0.2) is 0 Å². The first-order chi connectivity index (χ1) is 11.8. The van der Waals surface area contributed by atoms with Crippen LogP contribution >= 0.6 is 22.6 Å². The van der Waals surface area contributed by atoms with E-state index in [2.05, 4.69) is 75.0 Å². The van der Waals surface area contributed by atoms with Crippen LogP contribution in [0.3, 0.4) is 0 Å². The molecule has 1 aliphatic carbocycles. The van der Waals surface area contributed by atoms with Crippen molar-refractivity contribution in [2.24, 2.45) is 0 Å². The Hall–Kier alpha value is -1.88. The number of rotatable bonds is 1. The third-order valence-electron chi connectivity index (χ3n) is 5.14. The number of aromatic nitrogens is 2. The molecule has 2 nitrogen and oxygen atoms in total. The minimum absolute atomic E-state index is 1.10. The molecule has 0 saturated heterocycles. The molecule has 2 heterocycles. The van der Waals surface area contributed by atoms with E-state index in [4.69, 9.17) is 0 Å². The van der Waals surface area contributed by atoms with Crippen LogP contribution < -0.4 is 0 Å². The highest BCUT2D eigenvalue weighted by atomic mass is 127. The Morgan fingerprint density at radius 1 is 0.875 bits per heavy atom. The number of H-pyrrole nitrogens is 1. The topological polar surface area (TPSA) is 28.7 Å². The first-order valence-electron chi connectivity index (χ1n) is 8.48. The molecule has 0 saturated carbocycles. The number of benzene rings is 2. The van der Waals surface area contributed by atoms with Crippen LogP contribution in [0.15, 0.2) is 48.7 Å². The highest BCUT2D eigenvalue weighted by Gasteiger charge is 2.20. The second kappa shape index (κ2) is 5.59. The summed E-state index contributed by atoms with van der Waals surface area (Å²) in [4.78, 5) is 8.24. The van der Waals surface area contributed by atoms with Crippen LogP contribution in [-0.4, -0.2) is 9.97 Å². The molecule has 0 spiro atoms. The van der Waals surface area contributed by atoms with Crippen LogP contribution in [0.4, 0.5) is 0 Å². The fourth-order valence-corrected chi connectivity index (χ4v) is 4.40. The summed E-state index contributed by atoms with van der Waals surface area (Å²) in [5, 5.41) is 2.67. The Morgan fingerprint density at radius 2 is 1.67 bits per heavy atom. The smallest absolute Gasteiger partial charge is 0.0710 e. The van der Waals surface area contributed by atoms with E-state index in [9.17, 15) is 0 Å². The van der Waals surface area contributed by atoms with Gasteiger partial charge in [0, 0.05) is 31.8 Å². The molecule has 2 aromatic carbocycles. The average Bonchev–Trinajstić information content (AvgIpc) is 3.10. The van der Waals surface area contributed by atoms with Crippen molar-refractivity contribution in [3.8, 4) is 11.3 Å². The van der Waals surface area contributed by atoms with Crippen molar-refractivity contribution in [3.05, 3.63) is 63.4 Å². The SMILES string of the molecule is Ic1ccc(-c2[nH]c3ccc4nccc4c3c3c2CCCC3)cc1. The molecule has 118 valence electrons. The molecule has 0 radical (unpaired) electrons. The number of hydrogen-bond acceptors (Lipinski definition) is 1. The Bertz CT molecular complexity index is 1060. The number of aromatic amines is 1. The monoisotopic (exact) mass is 424 g/mol. The summed E-state index contributed by atoms with van der Waals surface area (Å²) in [5.74, 6) is 0. The first-order valence-corrected chi connectivity index (χ1v) is 9.56. The van der Waals surface area contributed by atoms with Gasteiger partial charge in [-0.15, -0.1) is 0 Å². The van der Waals surface area contributed by atoms with E-state index in [1.165, 1.54) is 61.5 Å². The maximum absolute atomic E-state index is 4.49. The molecule has 2 aromatic heterocycles. The van der Waals surface area contributed by atoms with Gasteiger partial charge in [0.1, 0.15) is 0 Å². The van der Waals surface area contributed by atoms with Crippen molar-refractivity contribution in [1.29, 1.82) is 0 Å². The van der Waals surface area contributed by atoms with Gasteiger partial charge in [0.2, 0.25) is 0 Å². The van der Waals surface area contributed by atoms with E-state index >= 15 is 0 Å². The molecule has 0 fully saturated rings. The summed E-state index contributed by atoms with van der Waals surface area (Å²) in [7, 11) is 0. The third-order valence-corrected chi connectivity index (χ3v) is 5.86. The summed E-state index contributed by atoms with van der Waals surface area (Å²) in [6.45, 7) is 0. The van der Waals surface area contributed by atoms with Gasteiger partial charge < -0.3 is 4.98 Å². The van der Waals surface area contributed by atoms with E-state index in [0.717, 1.165) is 11.9 Å². The molecule has 1 N–H and O–H groups in total. The lowest BCUT2D eigenvalue weighted by molar-refractivity contribution is 0.689. The van der Waals surface area contributed by atoms with Crippen molar-refractivity contribution in [2.75, 3.05) is 0 Å². The lowest BCUT2D eigenvalue weighted by Crippen LogP contribution is -2.07. The number of hydrogen-bond donors (Lipinski definition) is 1. The van der Waals surface area contributed by atoms with Crippen LogP contribution in [-0.2, 0) is 12.8 Å². The summed E-state index contributed by atoms with van der Waals surface area (Å²) < 4.78 is 1.27. The molecule has 0 amide bonds. The second-order valence-corrected chi connectivity index (χ2v) is 7.78. The molecule has 0 unspecified atom stereocenters. The normalized spacial score (nSPS) is 14.2. The zero-order chi connectivity index (χ0) is 16.1. The predicted octanol–water partition coefficient (Wildman–Crippen LogP) is 5.87. The Kier molecular flexibility index (Phi) is 3.37. The summed E-state index contributed by atoms with van der Waals surface area (Å²) >= 11 is 2.36. The fraction of sp³-hybridized carbons (Fsp3) is 0.190. The lowest BCUT2D eigenvalue weighted by Gasteiger charge is -2.23. The first kappa shape index (κ1) is 14.5. The van der Waals surface area contributed by atoms with Crippen LogP contribution in [0.1, 0.15) is 24.0 Å².